The maximum absolute atomic E-state index is 13.9. The van der Waals surface area contributed by atoms with Gasteiger partial charge in [0, 0.05) is 5.41 Å². The number of para-hydroxylation sites is 1. The summed E-state index contributed by atoms with van der Waals surface area (Å²) in [6.45, 7) is 1.09. The minimum absolute atomic E-state index is 0.0939. The highest BCUT2D eigenvalue weighted by Gasteiger charge is 2.33. The third-order valence-corrected chi connectivity index (χ3v) is 4.64. The highest BCUT2D eigenvalue weighted by atomic mass is 19.1. The fourth-order valence-electron chi connectivity index (χ4n) is 3.19. The highest BCUT2D eigenvalue weighted by molar-refractivity contribution is 5.35. The first kappa shape index (κ1) is 16.9. The summed E-state index contributed by atoms with van der Waals surface area (Å²) in [6, 6.07) is 13.9. The molecule has 0 aliphatic heterocycles. The van der Waals surface area contributed by atoms with Crippen molar-refractivity contribution in [3.05, 3.63) is 59.9 Å². The minimum Gasteiger partial charge on any atom is -0.454 e. The summed E-state index contributed by atoms with van der Waals surface area (Å²) in [5.74, 6) is 0.393. The van der Waals surface area contributed by atoms with E-state index in [0.717, 1.165) is 31.2 Å². The molecular weight excluding hydrogens is 307 g/mol. The van der Waals surface area contributed by atoms with Gasteiger partial charge in [-0.05, 0) is 42.7 Å². The van der Waals surface area contributed by atoms with Gasteiger partial charge >= 0.3 is 0 Å². The van der Waals surface area contributed by atoms with Gasteiger partial charge in [0.1, 0.15) is 5.75 Å². The molecule has 0 radical (unpaired) electrons. The van der Waals surface area contributed by atoms with Crippen LogP contribution in [0.15, 0.2) is 48.5 Å². The van der Waals surface area contributed by atoms with Crippen molar-refractivity contribution in [2.75, 3.05) is 13.2 Å². The van der Waals surface area contributed by atoms with Crippen LogP contribution < -0.4 is 4.74 Å². The van der Waals surface area contributed by atoms with E-state index in [1.54, 1.807) is 24.3 Å². The van der Waals surface area contributed by atoms with Crippen LogP contribution in [0.3, 0.4) is 0 Å². The highest BCUT2D eigenvalue weighted by Crippen LogP contribution is 2.38. The average Bonchev–Trinajstić information content (AvgIpc) is 3.08. The largest absolute Gasteiger partial charge is 0.454 e. The molecule has 0 unspecified atom stereocenters. The molecule has 0 bridgehead atoms. The lowest BCUT2D eigenvalue weighted by atomic mass is 9.88. The summed E-state index contributed by atoms with van der Waals surface area (Å²) in [7, 11) is 0. The van der Waals surface area contributed by atoms with E-state index >= 15 is 0 Å². The van der Waals surface area contributed by atoms with Crippen molar-refractivity contribution in [3.63, 3.8) is 0 Å². The molecular formula is C20H23FO3. The van der Waals surface area contributed by atoms with Crippen LogP contribution in [0.25, 0.3) is 0 Å². The minimum atomic E-state index is -0.398. The van der Waals surface area contributed by atoms with Gasteiger partial charge in [-0.25, -0.2) is 4.39 Å². The molecule has 3 nitrogen and oxygen atoms in total. The first-order chi connectivity index (χ1) is 11.7. The zero-order valence-electron chi connectivity index (χ0n) is 13.7. The Kier molecular flexibility index (Phi) is 5.48. The Balaban J connectivity index is 1.61. The van der Waals surface area contributed by atoms with Crippen LogP contribution in [0.4, 0.5) is 4.39 Å². The van der Waals surface area contributed by atoms with Crippen molar-refractivity contribution < 1.29 is 19.0 Å². The maximum Gasteiger partial charge on any atom is 0.165 e. The summed E-state index contributed by atoms with van der Waals surface area (Å²) < 4.78 is 25.3. The normalized spacial score (nSPS) is 16.2. The molecule has 1 saturated carbocycles. The van der Waals surface area contributed by atoms with Crippen LogP contribution >= 0.6 is 0 Å². The molecule has 3 rings (SSSR count). The molecule has 0 amide bonds. The molecule has 4 heteroatoms. The quantitative estimate of drug-likeness (QED) is 0.800. The fourth-order valence-corrected chi connectivity index (χ4v) is 3.19. The van der Waals surface area contributed by atoms with E-state index in [9.17, 15) is 9.50 Å². The molecule has 0 heterocycles. The summed E-state index contributed by atoms with van der Waals surface area (Å²) in [5, 5.41) is 9.61. The predicted octanol–water partition coefficient (Wildman–Crippen LogP) is 4.69. The lowest BCUT2D eigenvalue weighted by molar-refractivity contribution is 0.00258. The fraction of sp³-hybridized carbons (Fsp3) is 0.400. The monoisotopic (exact) mass is 330 g/mol. The summed E-state index contributed by atoms with van der Waals surface area (Å²) in [4.78, 5) is 0. The first-order valence-corrected chi connectivity index (χ1v) is 8.41. The van der Waals surface area contributed by atoms with Gasteiger partial charge in [-0.1, -0.05) is 37.1 Å². The Labute approximate surface area is 142 Å². The number of halogens is 1. The van der Waals surface area contributed by atoms with Gasteiger partial charge in [-0.2, -0.15) is 0 Å². The van der Waals surface area contributed by atoms with Gasteiger partial charge in [0.25, 0.3) is 0 Å². The smallest absolute Gasteiger partial charge is 0.165 e. The van der Waals surface area contributed by atoms with Crippen LogP contribution in [0.1, 0.15) is 31.2 Å². The number of hydrogen-bond donors (Lipinski definition) is 1. The molecule has 1 N–H and O–H groups in total. The molecule has 24 heavy (non-hydrogen) atoms. The van der Waals surface area contributed by atoms with Crippen molar-refractivity contribution in [1.82, 2.24) is 0 Å². The number of hydrogen-bond acceptors (Lipinski definition) is 3. The lowest BCUT2D eigenvalue weighted by Gasteiger charge is -2.26. The van der Waals surface area contributed by atoms with Crippen LogP contribution in [-0.4, -0.2) is 18.3 Å². The van der Waals surface area contributed by atoms with Gasteiger partial charge < -0.3 is 14.6 Å². The summed E-state index contributed by atoms with van der Waals surface area (Å²) in [6.07, 6.45) is 4.32. The molecule has 128 valence electrons. The molecule has 0 spiro atoms. The van der Waals surface area contributed by atoms with Gasteiger partial charge in [-0.15, -0.1) is 0 Å². The second-order valence-corrected chi connectivity index (χ2v) is 6.54. The molecule has 0 aromatic heterocycles. The Morgan fingerprint density at radius 3 is 2.50 bits per heavy atom. The summed E-state index contributed by atoms with van der Waals surface area (Å²) >= 11 is 0. The molecule has 0 saturated heterocycles. The van der Waals surface area contributed by atoms with Gasteiger partial charge in [0.2, 0.25) is 0 Å². The van der Waals surface area contributed by atoms with Crippen molar-refractivity contribution >= 4 is 0 Å². The van der Waals surface area contributed by atoms with Crippen LogP contribution in [-0.2, 0) is 11.3 Å². The van der Waals surface area contributed by atoms with Crippen LogP contribution in [0, 0.1) is 11.2 Å². The topological polar surface area (TPSA) is 38.7 Å². The molecule has 2 aromatic rings. The molecule has 1 fully saturated rings. The number of ether oxygens (including phenoxy) is 2. The van der Waals surface area contributed by atoms with Crippen molar-refractivity contribution in [2.45, 2.75) is 32.3 Å². The van der Waals surface area contributed by atoms with E-state index in [1.165, 1.54) is 6.07 Å². The Bertz CT molecular complexity index is 651. The van der Waals surface area contributed by atoms with Crippen molar-refractivity contribution in [2.24, 2.45) is 5.41 Å². The van der Waals surface area contributed by atoms with Crippen LogP contribution in [0.2, 0.25) is 0 Å². The predicted molar refractivity (Wildman–Crippen MR) is 90.6 cm³/mol. The zero-order chi connectivity index (χ0) is 16.8. The lowest BCUT2D eigenvalue weighted by Crippen LogP contribution is -2.27. The van der Waals surface area contributed by atoms with Gasteiger partial charge in [0.05, 0.1) is 19.8 Å². The molecule has 1 aliphatic carbocycles. The average molecular weight is 330 g/mol. The maximum atomic E-state index is 13.9. The second-order valence-electron chi connectivity index (χ2n) is 6.54. The first-order valence-electron chi connectivity index (χ1n) is 8.41. The number of aliphatic hydroxyl groups excluding tert-OH is 1. The van der Waals surface area contributed by atoms with Crippen LogP contribution in [0.5, 0.6) is 11.5 Å². The number of benzene rings is 2. The third-order valence-electron chi connectivity index (χ3n) is 4.64. The Morgan fingerprint density at radius 2 is 1.79 bits per heavy atom. The summed E-state index contributed by atoms with van der Waals surface area (Å²) in [5.41, 5.74) is 0.761. The third kappa shape index (κ3) is 4.13. The van der Waals surface area contributed by atoms with E-state index < -0.39 is 5.82 Å². The van der Waals surface area contributed by atoms with E-state index in [-0.39, 0.29) is 17.8 Å². The van der Waals surface area contributed by atoms with E-state index in [4.69, 9.17) is 9.47 Å². The Morgan fingerprint density at radius 1 is 1.04 bits per heavy atom. The Hall–Kier alpha value is -1.91. The van der Waals surface area contributed by atoms with E-state index in [1.807, 2.05) is 18.2 Å². The molecule has 1 aliphatic rings. The zero-order valence-corrected chi connectivity index (χ0v) is 13.7. The van der Waals surface area contributed by atoms with Gasteiger partial charge in [-0.3, -0.25) is 0 Å². The van der Waals surface area contributed by atoms with Gasteiger partial charge in [0.15, 0.2) is 11.6 Å². The SMILES string of the molecule is OCC1(COCc2ccc(F)c(Oc3ccccc3)c2)CCCC1. The van der Waals surface area contributed by atoms with E-state index in [2.05, 4.69) is 0 Å². The standard InChI is InChI=1S/C20H23FO3/c21-18-9-8-16(12-19(18)24-17-6-2-1-3-7-17)13-23-15-20(14-22)10-4-5-11-20/h1-3,6-9,12,22H,4-5,10-11,13-15H2. The van der Waals surface area contributed by atoms with E-state index in [0.29, 0.717) is 19.0 Å². The number of rotatable bonds is 7. The second kappa shape index (κ2) is 7.77. The molecule has 0 atom stereocenters. The van der Waals surface area contributed by atoms with Crippen molar-refractivity contribution in [3.8, 4) is 11.5 Å². The molecule has 2 aromatic carbocycles. The van der Waals surface area contributed by atoms with Crippen molar-refractivity contribution in [1.29, 1.82) is 0 Å². The number of aliphatic hydroxyl groups is 1.